The molecule has 1 aromatic rings. The minimum absolute atomic E-state index is 0.402. The van der Waals surface area contributed by atoms with Crippen LogP contribution in [-0.4, -0.2) is 13.1 Å². The van der Waals surface area contributed by atoms with Gasteiger partial charge in [-0.25, -0.2) is 4.79 Å². The summed E-state index contributed by atoms with van der Waals surface area (Å²) in [6.45, 7) is 3.61. The molecular formula is C12H14O3. The number of carbonyl (C=O) groups is 1. The van der Waals surface area contributed by atoms with Crippen molar-refractivity contribution in [1.82, 2.24) is 0 Å². The van der Waals surface area contributed by atoms with Gasteiger partial charge in [0, 0.05) is 0 Å². The fraction of sp³-hybridized carbons (Fsp3) is 0.250. The number of esters is 1. The lowest BCUT2D eigenvalue weighted by molar-refractivity contribution is -0.130. The van der Waals surface area contributed by atoms with Crippen LogP contribution in [0.4, 0.5) is 0 Å². The minimum atomic E-state index is -0.402. The highest BCUT2D eigenvalue weighted by Crippen LogP contribution is 2.13. The van der Waals surface area contributed by atoms with Crippen LogP contribution in [0.2, 0.25) is 0 Å². The maximum absolute atomic E-state index is 11.4. The molecule has 0 fully saturated rings. The van der Waals surface area contributed by atoms with Gasteiger partial charge < -0.3 is 9.47 Å². The molecule has 1 rings (SSSR count). The molecule has 0 atom stereocenters. The normalized spacial score (nSPS) is 11.0. The predicted octanol–water partition coefficient (Wildman–Crippen LogP) is 2.45. The Kier molecular flexibility index (Phi) is 3.92. The summed E-state index contributed by atoms with van der Waals surface area (Å²) in [6.07, 6.45) is 1.36. The van der Waals surface area contributed by atoms with Crippen molar-refractivity contribution in [2.24, 2.45) is 0 Å². The van der Waals surface area contributed by atoms with E-state index in [9.17, 15) is 4.79 Å². The van der Waals surface area contributed by atoms with Crippen LogP contribution >= 0.6 is 0 Å². The third kappa shape index (κ3) is 3.46. The number of carbonyl (C=O) groups excluding carboxylic acids is 1. The molecule has 0 radical (unpaired) electrons. The van der Waals surface area contributed by atoms with E-state index >= 15 is 0 Å². The van der Waals surface area contributed by atoms with E-state index in [1.165, 1.54) is 13.4 Å². The van der Waals surface area contributed by atoms with Crippen molar-refractivity contribution in [2.45, 2.75) is 13.8 Å². The molecule has 0 aliphatic heterocycles. The first-order chi connectivity index (χ1) is 7.13. The van der Waals surface area contributed by atoms with Crippen LogP contribution in [0.25, 0.3) is 0 Å². The van der Waals surface area contributed by atoms with Gasteiger partial charge in [-0.05, 0) is 26.0 Å². The summed E-state index contributed by atoms with van der Waals surface area (Å²) in [4.78, 5) is 11.4. The lowest BCUT2D eigenvalue weighted by Gasteiger charge is -2.04. The molecule has 0 aromatic heterocycles. The maximum atomic E-state index is 11.4. The van der Waals surface area contributed by atoms with Crippen molar-refractivity contribution in [3.63, 3.8) is 0 Å². The molecule has 0 unspecified atom stereocenters. The van der Waals surface area contributed by atoms with Gasteiger partial charge in [-0.15, -0.1) is 0 Å². The topological polar surface area (TPSA) is 35.5 Å². The Morgan fingerprint density at radius 2 is 1.87 bits per heavy atom. The quantitative estimate of drug-likeness (QED) is 0.330. The maximum Gasteiger partial charge on any atom is 0.342 e. The first-order valence-corrected chi connectivity index (χ1v) is 4.62. The molecule has 0 aliphatic carbocycles. The van der Waals surface area contributed by atoms with Crippen LogP contribution in [0.5, 0.6) is 5.75 Å². The van der Waals surface area contributed by atoms with Gasteiger partial charge >= 0.3 is 5.97 Å². The Morgan fingerprint density at radius 1 is 1.27 bits per heavy atom. The number of rotatable bonds is 3. The number of hydrogen-bond acceptors (Lipinski definition) is 3. The second-order valence-corrected chi connectivity index (χ2v) is 3.24. The predicted molar refractivity (Wildman–Crippen MR) is 57.6 cm³/mol. The number of ether oxygens (including phenoxy) is 2. The molecule has 0 N–H and O–H groups in total. The lowest BCUT2D eigenvalue weighted by atomic mass is 10.2. The van der Waals surface area contributed by atoms with E-state index in [2.05, 4.69) is 0 Å². The smallest absolute Gasteiger partial charge is 0.342 e. The molecule has 1 aromatic carbocycles. The van der Waals surface area contributed by atoms with Gasteiger partial charge in [0.05, 0.1) is 18.9 Å². The van der Waals surface area contributed by atoms with E-state index in [1.54, 1.807) is 19.1 Å². The van der Waals surface area contributed by atoms with Gasteiger partial charge in [0.15, 0.2) is 0 Å². The number of hydrogen-bond donors (Lipinski definition) is 0. The summed E-state index contributed by atoms with van der Waals surface area (Å²) in [5.41, 5.74) is 1.55. The number of methoxy groups -OCH3 is 1. The minimum Gasteiger partial charge on any atom is -0.504 e. The van der Waals surface area contributed by atoms with Gasteiger partial charge in [-0.3, -0.25) is 0 Å². The van der Waals surface area contributed by atoms with Crippen molar-refractivity contribution in [3.8, 4) is 5.75 Å². The fourth-order valence-corrected chi connectivity index (χ4v) is 1.02. The van der Waals surface area contributed by atoms with Crippen molar-refractivity contribution < 1.29 is 14.3 Å². The molecule has 15 heavy (non-hydrogen) atoms. The van der Waals surface area contributed by atoms with Crippen LogP contribution in [-0.2, 0) is 9.53 Å². The summed E-state index contributed by atoms with van der Waals surface area (Å²) in [5.74, 6) is 0.134. The average Bonchev–Trinajstić information content (AvgIpc) is 2.22. The van der Waals surface area contributed by atoms with E-state index in [4.69, 9.17) is 9.47 Å². The Balaban J connectivity index is 2.66. The van der Waals surface area contributed by atoms with Crippen LogP contribution < -0.4 is 4.74 Å². The first-order valence-electron chi connectivity index (χ1n) is 4.62. The van der Waals surface area contributed by atoms with Crippen molar-refractivity contribution >= 4 is 5.97 Å². The van der Waals surface area contributed by atoms with Crippen molar-refractivity contribution in [1.29, 1.82) is 0 Å². The molecule has 0 saturated heterocycles. The Labute approximate surface area is 89.3 Å². The highest BCUT2D eigenvalue weighted by atomic mass is 16.5. The standard InChI is InChI=1S/C12H14O3/c1-9-4-6-11(7-5-9)15-12(13)10(2)8-14-3/h4-8H,1-3H3/b10-8+. The zero-order valence-corrected chi connectivity index (χ0v) is 9.11. The zero-order chi connectivity index (χ0) is 11.3. The molecule has 3 nitrogen and oxygen atoms in total. The Hall–Kier alpha value is -1.77. The molecule has 0 aliphatic rings. The molecule has 80 valence electrons. The summed E-state index contributed by atoms with van der Waals surface area (Å²) in [7, 11) is 1.49. The van der Waals surface area contributed by atoms with Gasteiger partial charge in [-0.1, -0.05) is 17.7 Å². The van der Waals surface area contributed by atoms with Crippen molar-refractivity contribution in [3.05, 3.63) is 41.7 Å². The number of benzene rings is 1. The molecule has 0 bridgehead atoms. The monoisotopic (exact) mass is 206 g/mol. The van der Waals surface area contributed by atoms with Crippen LogP contribution in [0.15, 0.2) is 36.1 Å². The first kappa shape index (κ1) is 11.3. The molecule has 0 amide bonds. The highest BCUT2D eigenvalue weighted by Gasteiger charge is 2.06. The Morgan fingerprint density at radius 3 is 2.40 bits per heavy atom. The largest absolute Gasteiger partial charge is 0.504 e. The molecule has 0 spiro atoms. The van der Waals surface area contributed by atoms with Gasteiger partial charge in [0.1, 0.15) is 5.75 Å². The second kappa shape index (κ2) is 5.20. The molecule has 0 heterocycles. The lowest BCUT2D eigenvalue weighted by Crippen LogP contribution is -2.09. The number of aryl methyl sites for hydroxylation is 1. The van der Waals surface area contributed by atoms with E-state index < -0.39 is 5.97 Å². The SMILES string of the molecule is CO/C=C(\C)C(=O)Oc1ccc(C)cc1. The molecule has 0 saturated carbocycles. The summed E-state index contributed by atoms with van der Waals surface area (Å²) >= 11 is 0. The molecule has 3 heteroatoms. The van der Waals surface area contributed by atoms with Crippen LogP contribution in [0.3, 0.4) is 0 Å². The Bertz CT molecular complexity index is 363. The summed E-state index contributed by atoms with van der Waals surface area (Å²) in [6, 6.07) is 7.29. The average molecular weight is 206 g/mol. The summed E-state index contributed by atoms with van der Waals surface area (Å²) in [5, 5.41) is 0. The third-order valence-corrected chi connectivity index (χ3v) is 1.85. The van der Waals surface area contributed by atoms with Gasteiger partial charge in [-0.2, -0.15) is 0 Å². The van der Waals surface area contributed by atoms with E-state index in [-0.39, 0.29) is 0 Å². The van der Waals surface area contributed by atoms with Crippen molar-refractivity contribution in [2.75, 3.05) is 7.11 Å². The van der Waals surface area contributed by atoms with Gasteiger partial charge in [0.2, 0.25) is 0 Å². The summed E-state index contributed by atoms with van der Waals surface area (Å²) < 4.78 is 9.82. The highest BCUT2D eigenvalue weighted by molar-refractivity contribution is 5.89. The molecular weight excluding hydrogens is 192 g/mol. The van der Waals surface area contributed by atoms with Crippen LogP contribution in [0, 0.1) is 6.92 Å². The second-order valence-electron chi connectivity index (χ2n) is 3.24. The fourth-order valence-electron chi connectivity index (χ4n) is 1.02. The van der Waals surface area contributed by atoms with E-state index in [1.807, 2.05) is 19.1 Å². The van der Waals surface area contributed by atoms with Crippen LogP contribution in [0.1, 0.15) is 12.5 Å². The van der Waals surface area contributed by atoms with E-state index in [0.717, 1.165) is 5.56 Å². The third-order valence-electron chi connectivity index (χ3n) is 1.85. The van der Waals surface area contributed by atoms with Gasteiger partial charge in [0.25, 0.3) is 0 Å². The zero-order valence-electron chi connectivity index (χ0n) is 9.11. The van der Waals surface area contributed by atoms with E-state index in [0.29, 0.717) is 11.3 Å².